The summed E-state index contributed by atoms with van der Waals surface area (Å²) in [6.45, 7) is -0.444. The summed E-state index contributed by atoms with van der Waals surface area (Å²) in [4.78, 5) is 13.6. The molecule has 5 nitrogen and oxygen atoms in total. The molecule has 3 atom stereocenters. The fourth-order valence-electron chi connectivity index (χ4n) is 3.63. The van der Waals surface area contributed by atoms with E-state index in [9.17, 15) is 19.6 Å². The molecule has 1 fully saturated rings. The quantitative estimate of drug-likeness (QED) is 0.894. The van der Waals surface area contributed by atoms with Crippen molar-refractivity contribution in [2.24, 2.45) is 0 Å². The number of carbonyl (C=O) groups is 1. The van der Waals surface area contributed by atoms with Gasteiger partial charge in [0.2, 0.25) is 5.91 Å². The highest BCUT2D eigenvalue weighted by atomic mass is 19.1. The maximum Gasteiger partial charge on any atom is 0.249 e. The lowest BCUT2D eigenvalue weighted by Gasteiger charge is -2.52. The number of likely N-dealkylation sites (tertiary alicyclic amines) is 1. The molecule has 2 aromatic rings. The molecule has 134 valence electrons. The number of ether oxygens (including phenoxy) is 1. The van der Waals surface area contributed by atoms with Crippen LogP contribution in [0.3, 0.4) is 0 Å². The number of nitrogens with zero attached hydrogens (tertiary/aromatic N) is 2. The number of halogens is 1. The fraction of sp³-hybridized carbons (Fsp3) is 0.300. The van der Waals surface area contributed by atoms with E-state index in [4.69, 9.17) is 4.74 Å². The average Bonchev–Trinajstić information content (AvgIpc) is 2.63. The van der Waals surface area contributed by atoms with Gasteiger partial charge in [-0.25, -0.2) is 4.39 Å². The van der Waals surface area contributed by atoms with Crippen LogP contribution in [0.1, 0.15) is 11.5 Å². The van der Waals surface area contributed by atoms with Crippen molar-refractivity contribution in [3.05, 3.63) is 59.9 Å². The molecule has 3 rings (SSSR count). The summed E-state index contributed by atoms with van der Waals surface area (Å²) in [5.74, 6) is -1.11. The predicted molar refractivity (Wildman–Crippen MR) is 93.6 cm³/mol. The molecule has 1 N–H and O–H groups in total. The van der Waals surface area contributed by atoms with E-state index in [2.05, 4.69) is 6.07 Å². The Labute approximate surface area is 151 Å². The number of aliphatic hydroxyl groups excluding tert-OH is 1. The lowest BCUT2D eigenvalue weighted by molar-refractivity contribution is -0.150. The maximum absolute atomic E-state index is 14.3. The summed E-state index contributed by atoms with van der Waals surface area (Å²) in [7, 11) is 1.40. The molecule has 0 radical (unpaired) electrons. The normalized spacial score (nSPS) is 21.8. The van der Waals surface area contributed by atoms with E-state index in [1.54, 1.807) is 30.3 Å². The molecule has 0 spiro atoms. The molecule has 2 aromatic carbocycles. The summed E-state index contributed by atoms with van der Waals surface area (Å²) in [5, 5.41) is 19.4. The standard InChI is InChI=1S/C20H19FN2O3/c1-26-12-19(25)23-17(10-22)20(18(23)11-24)15-8-3-2-6-13(15)14-7-4-5-9-16(14)21/h2-9,17-18,20,24H,11-12H2,1H3/t17-,18+,20+/m0/s1. The molecule has 1 aliphatic heterocycles. The number of carbonyl (C=O) groups excluding carboxylic acids is 1. The highest BCUT2D eigenvalue weighted by Crippen LogP contribution is 2.44. The highest BCUT2D eigenvalue weighted by molar-refractivity contribution is 5.81. The minimum Gasteiger partial charge on any atom is -0.394 e. The molecule has 1 heterocycles. The number of methoxy groups -OCH3 is 1. The van der Waals surface area contributed by atoms with Crippen LogP contribution in [0.5, 0.6) is 0 Å². The first-order chi connectivity index (χ1) is 12.6. The molecule has 1 aliphatic rings. The second-order valence-electron chi connectivity index (χ2n) is 6.15. The van der Waals surface area contributed by atoms with Gasteiger partial charge in [0.25, 0.3) is 0 Å². The van der Waals surface area contributed by atoms with Gasteiger partial charge in [-0.2, -0.15) is 5.26 Å². The van der Waals surface area contributed by atoms with Crippen molar-refractivity contribution in [1.29, 1.82) is 5.26 Å². The monoisotopic (exact) mass is 354 g/mol. The minimum absolute atomic E-state index is 0.156. The van der Waals surface area contributed by atoms with Crippen LogP contribution in [0.4, 0.5) is 4.39 Å². The average molecular weight is 354 g/mol. The summed E-state index contributed by atoms with van der Waals surface area (Å²) < 4.78 is 19.2. The van der Waals surface area contributed by atoms with Gasteiger partial charge in [0, 0.05) is 18.6 Å². The predicted octanol–water partition coefficient (Wildman–Crippen LogP) is 2.32. The van der Waals surface area contributed by atoms with Crippen molar-refractivity contribution in [3.63, 3.8) is 0 Å². The fourth-order valence-corrected chi connectivity index (χ4v) is 3.63. The van der Waals surface area contributed by atoms with E-state index in [-0.39, 0.29) is 24.9 Å². The van der Waals surface area contributed by atoms with E-state index >= 15 is 0 Å². The molecule has 6 heteroatoms. The van der Waals surface area contributed by atoms with Gasteiger partial charge in [-0.15, -0.1) is 0 Å². The van der Waals surface area contributed by atoms with Crippen LogP contribution >= 0.6 is 0 Å². The molecule has 1 amide bonds. The van der Waals surface area contributed by atoms with Crippen molar-refractivity contribution in [2.45, 2.75) is 18.0 Å². The van der Waals surface area contributed by atoms with E-state index in [0.29, 0.717) is 11.1 Å². The van der Waals surface area contributed by atoms with Gasteiger partial charge in [-0.05, 0) is 17.2 Å². The molecular weight excluding hydrogens is 335 g/mol. The van der Waals surface area contributed by atoms with Gasteiger partial charge in [0.05, 0.1) is 18.7 Å². The van der Waals surface area contributed by atoms with Gasteiger partial charge in [-0.3, -0.25) is 4.79 Å². The van der Waals surface area contributed by atoms with E-state index < -0.39 is 18.0 Å². The third-order valence-corrected chi connectivity index (χ3v) is 4.77. The molecule has 26 heavy (non-hydrogen) atoms. The Morgan fingerprint density at radius 2 is 1.88 bits per heavy atom. The number of aliphatic hydroxyl groups is 1. The van der Waals surface area contributed by atoms with Crippen LogP contribution in [0.2, 0.25) is 0 Å². The van der Waals surface area contributed by atoms with Gasteiger partial charge in [0.1, 0.15) is 18.5 Å². The third kappa shape index (κ3) is 2.96. The number of benzene rings is 2. The number of hydrogen-bond acceptors (Lipinski definition) is 4. The minimum atomic E-state index is -0.734. The van der Waals surface area contributed by atoms with E-state index in [1.807, 2.05) is 12.1 Å². The van der Waals surface area contributed by atoms with Gasteiger partial charge >= 0.3 is 0 Å². The maximum atomic E-state index is 14.3. The summed E-state index contributed by atoms with van der Waals surface area (Å²) in [6.07, 6.45) is 0. The van der Waals surface area contributed by atoms with Crippen molar-refractivity contribution in [3.8, 4) is 17.2 Å². The van der Waals surface area contributed by atoms with Crippen LogP contribution in [0, 0.1) is 17.1 Å². The van der Waals surface area contributed by atoms with Crippen molar-refractivity contribution in [1.82, 2.24) is 4.90 Å². The Hall–Kier alpha value is -2.75. The van der Waals surface area contributed by atoms with Crippen LogP contribution in [0.25, 0.3) is 11.1 Å². The number of amides is 1. The smallest absolute Gasteiger partial charge is 0.249 e. The number of hydrogen-bond donors (Lipinski definition) is 1. The third-order valence-electron chi connectivity index (χ3n) is 4.77. The first-order valence-corrected chi connectivity index (χ1v) is 8.28. The van der Waals surface area contributed by atoms with Crippen LogP contribution in [0.15, 0.2) is 48.5 Å². The zero-order chi connectivity index (χ0) is 18.7. The molecular formula is C20H19FN2O3. The Bertz CT molecular complexity index is 849. The highest BCUT2D eigenvalue weighted by Gasteiger charge is 2.52. The summed E-state index contributed by atoms with van der Waals surface area (Å²) in [5.41, 5.74) is 1.83. The summed E-state index contributed by atoms with van der Waals surface area (Å²) >= 11 is 0. The topological polar surface area (TPSA) is 73.6 Å². The van der Waals surface area contributed by atoms with Gasteiger partial charge in [0.15, 0.2) is 0 Å². The Balaban J connectivity index is 2.03. The molecule has 1 saturated heterocycles. The van der Waals surface area contributed by atoms with Crippen LogP contribution < -0.4 is 0 Å². The first-order valence-electron chi connectivity index (χ1n) is 8.28. The Kier molecular flexibility index (Phi) is 5.31. The van der Waals surface area contributed by atoms with Gasteiger partial charge < -0.3 is 14.7 Å². The lowest BCUT2D eigenvalue weighted by atomic mass is 9.73. The molecule has 0 aliphatic carbocycles. The molecule has 0 bridgehead atoms. The Morgan fingerprint density at radius 1 is 1.23 bits per heavy atom. The van der Waals surface area contributed by atoms with Crippen molar-refractivity contribution in [2.75, 3.05) is 20.3 Å². The Morgan fingerprint density at radius 3 is 2.50 bits per heavy atom. The van der Waals surface area contributed by atoms with Crippen LogP contribution in [-0.4, -0.2) is 48.3 Å². The molecule has 0 unspecified atom stereocenters. The SMILES string of the molecule is COCC(=O)N1[C@H](CO)[C@H](c2ccccc2-c2ccccc2F)[C@@H]1C#N. The lowest BCUT2D eigenvalue weighted by Crippen LogP contribution is -2.66. The van der Waals surface area contributed by atoms with Gasteiger partial charge in [-0.1, -0.05) is 42.5 Å². The zero-order valence-electron chi connectivity index (χ0n) is 14.3. The largest absolute Gasteiger partial charge is 0.394 e. The second kappa shape index (κ2) is 7.65. The molecule has 0 aromatic heterocycles. The van der Waals surface area contributed by atoms with Crippen LogP contribution in [-0.2, 0) is 9.53 Å². The summed E-state index contributed by atoms with van der Waals surface area (Å²) in [6, 6.07) is 14.5. The van der Waals surface area contributed by atoms with Crippen molar-refractivity contribution >= 4 is 5.91 Å². The van der Waals surface area contributed by atoms with E-state index in [0.717, 1.165) is 5.56 Å². The first kappa shape index (κ1) is 18.1. The zero-order valence-corrected chi connectivity index (χ0v) is 14.3. The van der Waals surface area contributed by atoms with Crippen molar-refractivity contribution < 1.29 is 19.0 Å². The number of nitriles is 1. The second-order valence-corrected chi connectivity index (χ2v) is 6.15. The molecule has 0 saturated carbocycles. The van der Waals surface area contributed by atoms with E-state index in [1.165, 1.54) is 18.1 Å². The number of rotatable bonds is 5.